The van der Waals surface area contributed by atoms with Gasteiger partial charge in [-0.05, 0) is 13.3 Å². The third-order valence-electron chi connectivity index (χ3n) is 1.54. The summed E-state index contributed by atoms with van der Waals surface area (Å²) in [4.78, 5) is 5.23. The van der Waals surface area contributed by atoms with E-state index < -0.39 is 11.3 Å². The average molecular weight is 242 g/mol. The van der Waals surface area contributed by atoms with Crippen LogP contribution in [0.4, 0.5) is 5.13 Å². The monoisotopic (exact) mass is 242 g/mol. The van der Waals surface area contributed by atoms with Gasteiger partial charge in [-0.1, -0.05) is 13.3 Å². The molecule has 1 atom stereocenters. The van der Waals surface area contributed by atoms with Gasteiger partial charge in [0.15, 0.2) is 5.13 Å². The van der Waals surface area contributed by atoms with Gasteiger partial charge < -0.3 is 4.55 Å². The summed E-state index contributed by atoms with van der Waals surface area (Å²) >= 11 is -0.870. The number of nitrogens with zero attached hydrogens (tertiary/aromatic N) is 1. The van der Waals surface area contributed by atoms with Gasteiger partial charge in [-0.25, -0.2) is 4.98 Å². The minimum atomic E-state index is -2.27. The Labute approximate surface area is 112 Å². The molecule has 0 amide bonds. The van der Waals surface area contributed by atoms with E-state index >= 15 is 0 Å². The number of thiazole rings is 1. The first-order valence-electron chi connectivity index (χ1n) is 3.95. The Morgan fingerprint density at radius 1 is 1.64 bits per heavy atom. The minimum Gasteiger partial charge on any atom is -0.755 e. The summed E-state index contributed by atoms with van der Waals surface area (Å²) in [7, 11) is 0. The van der Waals surface area contributed by atoms with E-state index in [2.05, 4.69) is 16.6 Å². The Hall–Kier alpha value is 0.540. The van der Waals surface area contributed by atoms with Crippen LogP contribution in [0.2, 0.25) is 0 Å². The zero-order valence-corrected chi connectivity index (χ0v) is 12.1. The minimum absolute atomic E-state index is 0. The van der Waals surface area contributed by atoms with Crippen molar-refractivity contribution < 1.29 is 8.76 Å². The van der Waals surface area contributed by atoms with Crippen molar-refractivity contribution in [1.82, 2.24) is 4.98 Å². The third-order valence-corrected chi connectivity index (χ3v) is 3.16. The van der Waals surface area contributed by atoms with E-state index in [1.165, 1.54) is 11.3 Å². The Kier molecular flexibility index (Phi) is 7.19. The maximum Gasteiger partial charge on any atom is 0.194 e. The van der Waals surface area contributed by atoms with Crippen molar-refractivity contribution in [3.8, 4) is 0 Å². The van der Waals surface area contributed by atoms with Crippen LogP contribution in [0.5, 0.6) is 0 Å². The van der Waals surface area contributed by atoms with Gasteiger partial charge in [-0.15, -0.1) is 11.3 Å². The molecule has 4 nitrogen and oxygen atoms in total. The number of rotatable bonds is 4. The Bertz CT molecular complexity index is 317. The summed E-state index contributed by atoms with van der Waals surface area (Å²) in [5, 5.41) is 0.453. The van der Waals surface area contributed by atoms with E-state index in [0.717, 1.165) is 23.4 Å². The molecule has 1 aromatic heterocycles. The summed E-state index contributed by atoms with van der Waals surface area (Å²) in [5.41, 5.74) is 0.916. The molecule has 1 rings (SSSR count). The van der Waals surface area contributed by atoms with Gasteiger partial charge in [-0.2, -0.15) is 0 Å². The van der Waals surface area contributed by atoms with Crippen LogP contribution in [0.25, 0.3) is 0 Å². The molecule has 0 saturated heterocycles. The normalized spacial score (nSPS) is 11.9. The molecule has 0 aliphatic heterocycles. The summed E-state index contributed by atoms with van der Waals surface area (Å²) in [6.45, 7) is 3.97. The maximum atomic E-state index is 10.3. The van der Waals surface area contributed by atoms with Crippen LogP contribution in [-0.4, -0.2) is 43.3 Å². The molecular weight excluding hydrogens is 231 g/mol. The van der Waals surface area contributed by atoms with E-state index in [1.54, 1.807) is 0 Å². The molecule has 75 valence electrons. The van der Waals surface area contributed by atoms with Crippen molar-refractivity contribution in [2.75, 3.05) is 4.72 Å². The average Bonchev–Trinajstić information content (AvgIpc) is 2.31. The van der Waals surface area contributed by atoms with Crippen molar-refractivity contribution in [3.63, 3.8) is 0 Å². The smallest absolute Gasteiger partial charge is 0.194 e. The molecule has 0 fully saturated rings. The molecule has 0 spiro atoms. The predicted octanol–water partition coefficient (Wildman–Crippen LogP) is 1.23. The fourth-order valence-electron chi connectivity index (χ4n) is 1.00. The fraction of sp³-hybridized carbons (Fsp3) is 0.571. The molecule has 1 unspecified atom stereocenters. The SMILES string of the molecule is CCCc1sc(NS(=O)[O-])nc1C.[Na]. The molecule has 1 aromatic rings. The molecule has 14 heavy (non-hydrogen) atoms. The predicted molar refractivity (Wildman–Crippen MR) is 59.1 cm³/mol. The van der Waals surface area contributed by atoms with E-state index in [4.69, 9.17) is 0 Å². The second-order valence-electron chi connectivity index (χ2n) is 2.61. The van der Waals surface area contributed by atoms with Crippen LogP contribution in [0.15, 0.2) is 0 Å². The Morgan fingerprint density at radius 2 is 2.29 bits per heavy atom. The Balaban J connectivity index is 0.00000169. The number of hydrogen-bond donors (Lipinski definition) is 1. The van der Waals surface area contributed by atoms with Gasteiger partial charge in [0, 0.05) is 45.7 Å². The first-order chi connectivity index (χ1) is 6.13. The van der Waals surface area contributed by atoms with Gasteiger partial charge in [0.1, 0.15) is 0 Å². The van der Waals surface area contributed by atoms with Crippen LogP contribution in [-0.2, 0) is 17.7 Å². The van der Waals surface area contributed by atoms with Crippen LogP contribution in [0.3, 0.4) is 0 Å². The van der Waals surface area contributed by atoms with Crippen molar-refractivity contribution >= 4 is 57.3 Å². The van der Waals surface area contributed by atoms with Crippen LogP contribution in [0, 0.1) is 6.92 Å². The summed E-state index contributed by atoms with van der Waals surface area (Å²) in [6, 6.07) is 0. The molecule has 1 heterocycles. The van der Waals surface area contributed by atoms with E-state index in [-0.39, 0.29) is 29.6 Å². The van der Waals surface area contributed by atoms with Gasteiger partial charge in [0.2, 0.25) is 0 Å². The third kappa shape index (κ3) is 4.37. The van der Waals surface area contributed by atoms with Crippen LogP contribution >= 0.6 is 11.3 Å². The molecule has 0 aliphatic rings. The second-order valence-corrected chi connectivity index (χ2v) is 4.37. The zero-order chi connectivity index (χ0) is 9.84. The summed E-state index contributed by atoms with van der Waals surface area (Å²) in [6.07, 6.45) is 2.00. The topological polar surface area (TPSA) is 65.0 Å². The first kappa shape index (κ1) is 14.5. The molecular formula is C7H11N2NaO2S2-. The van der Waals surface area contributed by atoms with Crippen molar-refractivity contribution in [1.29, 1.82) is 0 Å². The molecule has 0 bridgehead atoms. The van der Waals surface area contributed by atoms with Gasteiger partial charge in [0.05, 0.1) is 5.69 Å². The van der Waals surface area contributed by atoms with Gasteiger partial charge in [-0.3, -0.25) is 8.93 Å². The summed E-state index contributed by atoms with van der Waals surface area (Å²) in [5.74, 6) is 0. The van der Waals surface area contributed by atoms with Crippen molar-refractivity contribution in [2.24, 2.45) is 0 Å². The quantitative estimate of drug-likeness (QED) is 0.638. The van der Waals surface area contributed by atoms with E-state index in [1.807, 2.05) is 6.92 Å². The molecule has 1 N–H and O–H groups in total. The number of nitrogens with one attached hydrogen (secondary N) is 1. The zero-order valence-electron chi connectivity index (χ0n) is 8.49. The molecule has 0 saturated carbocycles. The van der Waals surface area contributed by atoms with E-state index in [9.17, 15) is 8.76 Å². The molecule has 0 aliphatic carbocycles. The molecule has 0 aromatic carbocycles. The first-order valence-corrected chi connectivity index (χ1v) is 5.84. The largest absolute Gasteiger partial charge is 0.755 e. The number of aromatic nitrogens is 1. The fourth-order valence-corrected chi connectivity index (χ4v) is 2.48. The Morgan fingerprint density at radius 3 is 2.79 bits per heavy atom. The van der Waals surface area contributed by atoms with Gasteiger partial charge >= 0.3 is 0 Å². The van der Waals surface area contributed by atoms with Crippen molar-refractivity contribution in [2.45, 2.75) is 26.7 Å². The van der Waals surface area contributed by atoms with E-state index in [0.29, 0.717) is 5.13 Å². The van der Waals surface area contributed by atoms with Crippen LogP contribution in [0.1, 0.15) is 23.9 Å². The molecule has 7 heteroatoms. The second kappa shape index (κ2) is 6.92. The standard InChI is InChI=1S/C7H12N2O2S2.Na/c1-3-4-6-5(2)8-7(12-6)9-13(10)11;/h3-4H2,1-2H3,(H,8,9)(H,10,11);/p-1. The van der Waals surface area contributed by atoms with Crippen molar-refractivity contribution in [3.05, 3.63) is 10.6 Å². The molecule has 1 radical (unpaired) electrons. The maximum absolute atomic E-state index is 10.3. The number of anilines is 1. The number of aryl methyl sites for hydroxylation is 2. The van der Waals surface area contributed by atoms with Crippen LogP contribution < -0.4 is 4.72 Å². The van der Waals surface area contributed by atoms with Gasteiger partial charge in [0.25, 0.3) is 0 Å². The number of hydrogen-bond acceptors (Lipinski definition) is 4. The summed E-state index contributed by atoms with van der Waals surface area (Å²) < 4.78 is 22.9.